The van der Waals surface area contributed by atoms with Crippen molar-refractivity contribution < 1.29 is 14.1 Å². The summed E-state index contributed by atoms with van der Waals surface area (Å²) >= 11 is 8.92. The fraction of sp³-hybridized carbons (Fsp3) is 0.269. The number of nitrogens with one attached hydrogen (secondary N) is 1. The van der Waals surface area contributed by atoms with Crippen LogP contribution < -0.4 is 15.8 Å². The number of nitrogens with zero attached hydrogens (tertiary/aromatic N) is 6. The van der Waals surface area contributed by atoms with Crippen LogP contribution in [0.2, 0.25) is 4.34 Å². The molecule has 1 aliphatic heterocycles. The van der Waals surface area contributed by atoms with Gasteiger partial charge in [-0.15, -0.1) is 11.3 Å². The maximum Gasteiger partial charge on any atom is 0.302 e. The van der Waals surface area contributed by atoms with Crippen molar-refractivity contribution in [1.29, 1.82) is 0 Å². The van der Waals surface area contributed by atoms with Gasteiger partial charge in [0.2, 0.25) is 0 Å². The van der Waals surface area contributed by atoms with E-state index in [4.69, 9.17) is 20.9 Å². The lowest BCUT2D eigenvalue weighted by atomic mass is 10.1. The molecule has 6 heterocycles. The zero-order valence-electron chi connectivity index (χ0n) is 21.2. The number of halogens is 1. The van der Waals surface area contributed by atoms with Gasteiger partial charge in [0.15, 0.2) is 5.69 Å². The van der Waals surface area contributed by atoms with Gasteiger partial charge in [-0.2, -0.15) is 9.78 Å². The largest absolute Gasteiger partial charge is 0.378 e. The third kappa shape index (κ3) is 5.72. The van der Waals surface area contributed by atoms with Crippen LogP contribution in [-0.4, -0.2) is 56.1 Å². The van der Waals surface area contributed by atoms with E-state index in [-0.39, 0.29) is 11.3 Å². The van der Waals surface area contributed by atoms with E-state index in [1.165, 1.54) is 39.9 Å². The van der Waals surface area contributed by atoms with Crippen LogP contribution in [0.1, 0.15) is 20.9 Å². The lowest BCUT2D eigenvalue weighted by molar-refractivity contribution is 0.0938. The van der Waals surface area contributed by atoms with E-state index in [0.29, 0.717) is 67.2 Å². The van der Waals surface area contributed by atoms with Gasteiger partial charge in [-0.25, -0.2) is 4.37 Å². The van der Waals surface area contributed by atoms with Crippen molar-refractivity contribution in [2.45, 2.75) is 19.5 Å². The van der Waals surface area contributed by atoms with Gasteiger partial charge in [0, 0.05) is 54.4 Å². The number of thiophene rings is 1. The van der Waals surface area contributed by atoms with Gasteiger partial charge in [0.25, 0.3) is 5.56 Å². The molecule has 5 aromatic heterocycles. The molecule has 40 heavy (non-hydrogen) atoms. The molecule has 0 aliphatic carbocycles. The molecular formula is C26H24ClN7O4S2. The molecule has 1 saturated heterocycles. The summed E-state index contributed by atoms with van der Waals surface area (Å²) in [7, 11) is 0. The van der Waals surface area contributed by atoms with Crippen molar-refractivity contribution in [2.75, 3.05) is 36.5 Å². The SMILES string of the molecule is O=C(c1ccon1)n1nc(-c2cc(N3CCOCC3)cn(CCc3cnsc3)c2=O)cc1NCc1ccc(Cl)s1. The minimum absolute atomic E-state index is 0.0979. The van der Waals surface area contributed by atoms with Gasteiger partial charge in [-0.1, -0.05) is 16.8 Å². The number of aryl methyl sites for hydroxylation is 2. The number of rotatable bonds is 9. The predicted molar refractivity (Wildman–Crippen MR) is 154 cm³/mol. The summed E-state index contributed by atoms with van der Waals surface area (Å²) < 4.78 is 18.2. The fourth-order valence-electron chi connectivity index (χ4n) is 4.41. The molecule has 0 amide bonds. The maximum atomic E-state index is 13.8. The Labute approximate surface area is 241 Å². The first-order valence-electron chi connectivity index (χ1n) is 12.5. The number of ether oxygens (including phenoxy) is 1. The first kappa shape index (κ1) is 26.4. The Kier molecular flexibility index (Phi) is 7.77. The van der Waals surface area contributed by atoms with Crippen LogP contribution >= 0.6 is 34.5 Å². The summed E-state index contributed by atoms with van der Waals surface area (Å²) in [5.74, 6) is -0.0686. The Morgan fingerprint density at radius 3 is 2.77 bits per heavy atom. The second-order valence-corrected chi connectivity index (χ2v) is 11.5. The molecule has 14 heteroatoms. The fourth-order valence-corrected chi connectivity index (χ4v) is 6.01. The quantitative estimate of drug-likeness (QED) is 0.266. The summed E-state index contributed by atoms with van der Waals surface area (Å²) in [5.41, 5.74) is 2.62. The molecule has 1 N–H and O–H groups in total. The zero-order chi connectivity index (χ0) is 27.5. The minimum atomic E-state index is -0.485. The molecule has 6 rings (SSSR count). The highest BCUT2D eigenvalue weighted by Crippen LogP contribution is 2.27. The highest BCUT2D eigenvalue weighted by Gasteiger charge is 2.23. The molecule has 0 radical (unpaired) electrons. The van der Waals surface area contributed by atoms with E-state index in [1.54, 1.807) is 10.6 Å². The van der Waals surface area contributed by atoms with E-state index in [9.17, 15) is 9.59 Å². The van der Waals surface area contributed by atoms with Gasteiger partial charge in [0.05, 0.1) is 35.3 Å². The van der Waals surface area contributed by atoms with Crippen LogP contribution in [0.4, 0.5) is 11.5 Å². The van der Waals surface area contributed by atoms with Gasteiger partial charge >= 0.3 is 5.91 Å². The minimum Gasteiger partial charge on any atom is -0.378 e. The summed E-state index contributed by atoms with van der Waals surface area (Å²) in [6, 6.07) is 8.75. The zero-order valence-corrected chi connectivity index (χ0v) is 23.5. The molecule has 5 aromatic rings. The van der Waals surface area contributed by atoms with E-state index < -0.39 is 5.91 Å². The second-order valence-electron chi connectivity index (χ2n) is 9.07. The molecule has 0 spiro atoms. The van der Waals surface area contributed by atoms with Crippen LogP contribution in [-0.2, 0) is 24.2 Å². The molecule has 0 atom stereocenters. The molecule has 0 saturated carbocycles. The first-order chi connectivity index (χ1) is 19.5. The molecular weight excluding hydrogens is 574 g/mol. The number of anilines is 2. The number of hydrogen-bond donors (Lipinski definition) is 1. The van der Waals surface area contributed by atoms with E-state index in [0.717, 1.165) is 16.1 Å². The lowest BCUT2D eigenvalue weighted by Crippen LogP contribution is -2.37. The normalized spacial score (nSPS) is 13.6. The van der Waals surface area contributed by atoms with Crippen molar-refractivity contribution in [3.05, 3.63) is 85.2 Å². The molecule has 0 unspecified atom stereocenters. The van der Waals surface area contributed by atoms with Gasteiger partial charge in [-0.05, 0) is 41.7 Å². The van der Waals surface area contributed by atoms with Crippen molar-refractivity contribution >= 4 is 51.9 Å². The summed E-state index contributed by atoms with van der Waals surface area (Å²) in [6.07, 6.45) is 5.69. The third-order valence-electron chi connectivity index (χ3n) is 6.48. The average molecular weight is 598 g/mol. The summed E-state index contributed by atoms with van der Waals surface area (Å²) in [5, 5.41) is 13.6. The number of carbonyl (C=O) groups is 1. The molecule has 206 valence electrons. The first-order valence-corrected chi connectivity index (χ1v) is 14.6. The Morgan fingerprint density at radius 1 is 1.18 bits per heavy atom. The third-order valence-corrected chi connectivity index (χ3v) is 8.35. The van der Waals surface area contributed by atoms with E-state index in [1.807, 2.05) is 36.0 Å². The van der Waals surface area contributed by atoms with Crippen molar-refractivity contribution in [1.82, 2.24) is 23.9 Å². The number of hydrogen-bond acceptors (Lipinski definition) is 11. The Bertz CT molecular complexity index is 1650. The standard InChI is InChI=1S/C26H24ClN7O4S2/c27-23-2-1-19(40-23)14-28-24-12-22(30-34(24)26(36)21-4-8-38-31-21)20-11-18(32-6-9-37-10-7-32)15-33(25(20)35)5-3-17-13-29-39-16-17/h1-2,4,8,11-13,15-16,28H,3,5-7,9-10,14H2. The molecule has 1 fully saturated rings. The lowest BCUT2D eigenvalue weighted by Gasteiger charge is -2.29. The number of pyridine rings is 1. The number of carbonyl (C=O) groups excluding carboxylic acids is 1. The predicted octanol–water partition coefficient (Wildman–Crippen LogP) is 4.25. The highest BCUT2D eigenvalue weighted by molar-refractivity contribution is 7.16. The Morgan fingerprint density at radius 2 is 2.05 bits per heavy atom. The summed E-state index contributed by atoms with van der Waals surface area (Å²) in [4.78, 5) is 30.2. The van der Waals surface area contributed by atoms with E-state index in [2.05, 4.69) is 24.8 Å². The summed E-state index contributed by atoms with van der Waals surface area (Å²) in [6.45, 7) is 3.53. The maximum absolute atomic E-state index is 13.8. The monoisotopic (exact) mass is 597 g/mol. The van der Waals surface area contributed by atoms with Crippen LogP contribution in [0.3, 0.4) is 0 Å². The van der Waals surface area contributed by atoms with Crippen LogP contribution in [0.5, 0.6) is 0 Å². The van der Waals surface area contributed by atoms with Crippen LogP contribution in [0.15, 0.2) is 63.7 Å². The Balaban J connectivity index is 1.40. The molecule has 0 bridgehead atoms. The van der Waals surface area contributed by atoms with E-state index >= 15 is 0 Å². The molecule has 1 aliphatic rings. The smallest absolute Gasteiger partial charge is 0.302 e. The topological polar surface area (TPSA) is 120 Å². The van der Waals surface area contributed by atoms with Gasteiger partial charge in [0.1, 0.15) is 17.8 Å². The molecule has 11 nitrogen and oxygen atoms in total. The van der Waals surface area contributed by atoms with Crippen molar-refractivity contribution in [3.8, 4) is 11.3 Å². The number of aromatic nitrogens is 5. The Hall–Kier alpha value is -3.78. The van der Waals surface area contributed by atoms with Crippen molar-refractivity contribution in [2.24, 2.45) is 0 Å². The number of morpholine rings is 1. The second kappa shape index (κ2) is 11.8. The van der Waals surface area contributed by atoms with Crippen LogP contribution in [0.25, 0.3) is 11.3 Å². The van der Waals surface area contributed by atoms with Crippen LogP contribution in [0, 0.1) is 0 Å². The van der Waals surface area contributed by atoms with Crippen molar-refractivity contribution in [3.63, 3.8) is 0 Å². The van der Waals surface area contributed by atoms with Gasteiger partial charge in [-0.3, -0.25) is 9.59 Å². The average Bonchev–Trinajstić information content (AvgIpc) is 3.79. The van der Waals surface area contributed by atoms with Gasteiger partial charge < -0.3 is 24.0 Å². The highest BCUT2D eigenvalue weighted by atomic mass is 35.5. The molecule has 0 aromatic carbocycles.